The zero-order chi connectivity index (χ0) is 11.7. The number of aromatic nitrogens is 2. The molecule has 0 saturated heterocycles. The molecule has 3 aromatic rings. The van der Waals surface area contributed by atoms with E-state index in [2.05, 4.69) is 28.7 Å². The smallest absolute Gasteiger partial charge is 0.0759 e. The number of benzene rings is 1. The van der Waals surface area contributed by atoms with E-state index in [4.69, 9.17) is 5.11 Å². The van der Waals surface area contributed by atoms with Crippen molar-refractivity contribution < 1.29 is 5.11 Å². The van der Waals surface area contributed by atoms with Crippen LogP contribution in [-0.4, -0.2) is 21.5 Å². The van der Waals surface area contributed by atoms with E-state index in [1.807, 2.05) is 22.3 Å². The standard InChI is InChI=1S/C13H12N2OS/c16-5-3-10-1-2-13-11(7-10)8-14-15(13)12-4-6-17-9-12/h1-2,4,6-9,16H,3,5H2. The summed E-state index contributed by atoms with van der Waals surface area (Å²) in [5.74, 6) is 0. The SMILES string of the molecule is OCCc1ccc2c(cnn2-c2ccsc2)c1. The van der Waals surface area contributed by atoms with Gasteiger partial charge in [0.15, 0.2) is 0 Å². The van der Waals surface area contributed by atoms with Gasteiger partial charge in [0.25, 0.3) is 0 Å². The highest BCUT2D eigenvalue weighted by Gasteiger charge is 2.05. The predicted molar refractivity (Wildman–Crippen MR) is 69.7 cm³/mol. The average molecular weight is 244 g/mol. The Morgan fingerprint density at radius 2 is 2.24 bits per heavy atom. The molecule has 0 fully saturated rings. The minimum Gasteiger partial charge on any atom is -0.396 e. The summed E-state index contributed by atoms with van der Waals surface area (Å²) in [6.07, 6.45) is 2.56. The van der Waals surface area contributed by atoms with Crippen LogP contribution in [0, 0.1) is 0 Å². The minimum atomic E-state index is 0.185. The van der Waals surface area contributed by atoms with E-state index < -0.39 is 0 Å². The van der Waals surface area contributed by atoms with Crippen LogP contribution in [0.5, 0.6) is 0 Å². The second-order valence-corrected chi connectivity index (χ2v) is 4.68. The fraction of sp³-hybridized carbons (Fsp3) is 0.154. The topological polar surface area (TPSA) is 38.1 Å². The van der Waals surface area contributed by atoms with E-state index in [-0.39, 0.29) is 6.61 Å². The summed E-state index contributed by atoms with van der Waals surface area (Å²) in [6.45, 7) is 0.185. The molecule has 0 aliphatic carbocycles. The molecule has 0 spiro atoms. The maximum absolute atomic E-state index is 8.93. The van der Waals surface area contributed by atoms with Crippen LogP contribution in [0.15, 0.2) is 41.2 Å². The van der Waals surface area contributed by atoms with Crippen LogP contribution in [0.1, 0.15) is 5.56 Å². The van der Waals surface area contributed by atoms with Gasteiger partial charge in [-0.2, -0.15) is 16.4 Å². The number of thiophene rings is 1. The number of aliphatic hydroxyl groups is 1. The zero-order valence-corrected chi connectivity index (χ0v) is 10.0. The number of aliphatic hydroxyl groups excluding tert-OH is 1. The first-order valence-corrected chi connectivity index (χ1v) is 6.43. The van der Waals surface area contributed by atoms with Crippen molar-refractivity contribution in [2.24, 2.45) is 0 Å². The molecule has 3 nitrogen and oxygen atoms in total. The van der Waals surface area contributed by atoms with Crippen LogP contribution in [0.25, 0.3) is 16.6 Å². The molecule has 2 heterocycles. The van der Waals surface area contributed by atoms with E-state index in [0.717, 1.165) is 22.2 Å². The number of rotatable bonds is 3. The number of fused-ring (bicyclic) bond motifs is 1. The van der Waals surface area contributed by atoms with Crippen molar-refractivity contribution in [1.82, 2.24) is 9.78 Å². The molecule has 0 atom stereocenters. The van der Waals surface area contributed by atoms with Gasteiger partial charge in [-0.3, -0.25) is 0 Å². The molecule has 1 aromatic carbocycles. The molecule has 3 rings (SSSR count). The van der Waals surface area contributed by atoms with Crippen molar-refractivity contribution in [1.29, 1.82) is 0 Å². The Balaban J connectivity index is 2.11. The molecule has 1 N–H and O–H groups in total. The van der Waals surface area contributed by atoms with E-state index in [1.54, 1.807) is 11.3 Å². The van der Waals surface area contributed by atoms with Gasteiger partial charge in [0.2, 0.25) is 0 Å². The highest BCUT2D eigenvalue weighted by Crippen LogP contribution is 2.21. The fourth-order valence-corrected chi connectivity index (χ4v) is 2.56. The summed E-state index contributed by atoms with van der Waals surface area (Å²) in [7, 11) is 0. The molecule has 0 saturated carbocycles. The van der Waals surface area contributed by atoms with Crippen LogP contribution in [0.2, 0.25) is 0 Å². The lowest BCUT2D eigenvalue weighted by molar-refractivity contribution is 0.299. The lowest BCUT2D eigenvalue weighted by atomic mass is 10.1. The maximum Gasteiger partial charge on any atom is 0.0759 e. The number of nitrogens with zero attached hydrogens (tertiary/aromatic N) is 2. The van der Waals surface area contributed by atoms with Gasteiger partial charge in [-0.25, -0.2) is 4.68 Å². The Morgan fingerprint density at radius 3 is 3.00 bits per heavy atom. The van der Waals surface area contributed by atoms with Crippen LogP contribution >= 0.6 is 11.3 Å². The highest BCUT2D eigenvalue weighted by molar-refractivity contribution is 7.08. The van der Waals surface area contributed by atoms with Crippen molar-refractivity contribution in [2.75, 3.05) is 6.61 Å². The second kappa shape index (κ2) is 4.31. The summed E-state index contributed by atoms with van der Waals surface area (Å²) < 4.78 is 1.94. The van der Waals surface area contributed by atoms with E-state index in [9.17, 15) is 0 Å². The summed E-state index contributed by atoms with van der Waals surface area (Å²) >= 11 is 1.66. The van der Waals surface area contributed by atoms with E-state index >= 15 is 0 Å². The molecule has 0 bridgehead atoms. The average Bonchev–Trinajstić information content (AvgIpc) is 2.96. The van der Waals surface area contributed by atoms with Gasteiger partial charge in [0, 0.05) is 17.4 Å². The molecule has 0 unspecified atom stereocenters. The predicted octanol–water partition coefficient (Wildman–Crippen LogP) is 2.62. The molecular formula is C13H12N2OS. The first kappa shape index (κ1) is 10.5. The fourth-order valence-electron chi connectivity index (χ4n) is 1.95. The van der Waals surface area contributed by atoms with Gasteiger partial charge in [-0.05, 0) is 35.6 Å². The summed E-state index contributed by atoms with van der Waals surface area (Å²) in [5.41, 5.74) is 3.34. The Kier molecular flexibility index (Phi) is 2.66. The summed E-state index contributed by atoms with van der Waals surface area (Å²) in [5, 5.41) is 18.6. The highest BCUT2D eigenvalue weighted by atomic mass is 32.1. The van der Waals surface area contributed by atoms with Gasteiger partial charge in [-0.1, -0.05) is 6.07 Å². The number of hydrogen-bond donors (Lipinski definition) is 1. The Labute approximate surface area is 103 Å². The van der Waals surface area contributed by atoms with Crippen molar-refractivity contribution in [3.05, 3.63) is 46.8 Å². The molecule has 0 radical (unpaired) electrons. The molecule has 0 aliphatic rings. The molecular weight excluding hydrogens is 232 g/mol. The summed E-state index contributed by atoms with van der Waals surface area (Å²) in [6, 6.07) is 8.24. The van der Waals surface area contributed by atoms with Gasteiger partial charge < -0.3 is 5.11 Å². The lowest BCUT2D eigenvalue weighted by Gasteiger charge is -2.01. The van der Waals surface area contributed by atoms with Crippen LogP contribution < -0.4 is 0 Å². The second-order valence-electron chi connectivity index (χ2n) is 3.90. The molecule has 17 heavy (non-hydrogen) atoms. The zero-order valence-electron chi connectivity index (χ0n) is 9.21. The monoisotopic (exact) mass is 244 g/mol. The van der Waals surface area contributed by atoms with Crippen LogP contribution in [0.3, 0.4) is 0 Å². The van der Waals surface area contributed by atoms with Crippen molar-refractivity contribution >= 4 is 22.2 Å². The normalized spacial score (nSPS) is 11.1. The lowest BCUT2D eigenvalue weighted by Crippen LogP contribution is -1.94. The Hall–Kier alpha value is -1.65. The first-order valence-electron chi connectivity index (χ1n) is 5.48. The molecule has 2 aromatic heterocycles. The van der Waals surface area contributed by atoms with Crippen molar-refractivity contribution in [2.45, 2.75) is 6.42 Å². The van der Waals surface area contributed by atoms with Crippen molar-refractivity contribution in [3.8, 4) is 5.69 Å². The van der Waals surface area contributed by atoms with Crippen molar-refractivity contribution in [3.63, 3.8) is 0 Å². The molecule has 0 amide bonds. The van der Waals surface area contributed by atoms with E-state index in [1.165, 1.54) is 0 Å². The third kappa shape index (κ3) is 1.85. The van der Waals surface area contributed by atoms with Gasteiger partial charge in [0.05, 0.1) is 17.4 Å². The van der Waals surface area contributed by atoms with Gasteiger partial charge in [0.1, 0.15) is 0 Å². The number of hydrogen-bond acceptors (Lipinski definition) is 3. The maximum atomic E-state index is 8.93. The Morgan fingerprint density at radius 1 is 1.29 bits per heavy atom. The van der Waals surface area contributed by atoms with Crippen LogP contribution in [-0.2, 0) is 6.42 Å². The third-order valence-corrected chi connectivity index (χ3v) is 3.45. The third-order valence-electron chi connectivity index (χ3n) is 2.78. The van der Waals surface area contributed by atoms with E-state index in [0.29, 0.717) is 6.42 Å². The molecule has 4 heteroatoms. The van der Waals surface area contributed by atoms with Crippen LogP contribution in [0.4, 0.5) is 0 Å². The molecule has 0 aliphatic heterocycles. The Bertz CT molecular complexity index is 628. The largest absolute Gasteiger partial charge is 0.396 e. The quantitative estimate of drug-likeness (QED) is 0.769. The van der Waals surface area contributed by atoms with Gasteiger partial charge in [-0.15, -0.1) is 0 Å². The minimum absolute atomic E-state index is 0.185. The van der Waals surface area contributed by atoms with Gasteiger partial charge >= 0.3 is 0 Å². The summed E-state index contributed by atoms with van der Waals surface area (Å²) in [4.78, 5) is 0. The first-order chi connectivity index (χ1) is 8.38. The molecule has 86 valence electrons.